The summed E-state index contributed by atoms with van der Waals surface area (Å²) in [5.41, 5.74) is 2.40. The number of nitrogens with one attached hydrogen (secondary N) is 2. The van der Waals surface area contributed by atoms with Crippen LogP contribution in [0.3, 0.4) is 0 Å². The van der Waals surface area contributed by atoms with Crippen LogP contribution in [0.2, 0.25) is 0 Å². The third-order valence-corrected chi connectivity index (χ3v) is 5.22. The average Bonchev–Trinajstić information content (AvgIpc) is 2.46. The first kappa shape index (κ1) is 18.1. The van der Waals surface area contributed by atoms with Gasteiger partial charge in [-0.3, -0.25) is 4.79 Å². The molecule has 0 spiro atoms. The van der Waals surface area contributed by atoms with Gasteiger partial charge in [0.2, 0.25) is 15.9 Å². The minimum absolute atomic E-state index is 0.0216. The van der Waals surface area contributed by atoms with E-state index in [4.69, 9.17) is 0 Å². The highest BCUT2D eigenvalue weighted by atomic mass is 32.2. The van der Waals surface area contributed by atoms with Gasteiger partial charge in [-0.15, -0.1) is 0 Å². The molecule has 2 aromatic rings. The number of rotatable bonds is 6. The maximum Gasteiger partial charge on any atom is 0.241 e. The van der Waals surface area contributed by atoms with E-state index < -0.39 is 10.0 Å². The molecule has 0 radical (unpaired) electrons. The van der Waals surface area contributed by atoms with Gasteiger partial charge >= 0.3 is 0 Å². The number of anilines is 1. The zero-order valence-electron chi connectivity index (χ0n) is 14.0. The van der Waals surface area contributed by atoms with E-state index in [-0.39, 0.29) is 23.8 Å². The summed E-state index contributed by atoms with van der Waals surface area (Å²) in [5.74, 6) is 0.143. The number of hydrogen-bond donors (Lipinski definition) is 2. The van der Waals surface area contributed by atoms with E-state index in [9.17, 15) is 13.2 Å². The fourth-order valence-corrected chi connectivity index (χ4v) is 4.08. The Bertz CT molecular complexity index is 810. The normalized spacial score (nSPS) is 11.3. The lowest BCUT2D eigenvalue weighted by Crippen LogP contribution is -2.29. The van der Waals surface area contributed by atoms with Gasteiger partial charge in [0, 0.05) is 19.2 Å². The number of carbonyl (C=O) groups excluding carboxylic acids is 1. The molecule has 0 aliphatic heterocycles. The van der Waals surface area contributed by atoms with Crippen molar-refractivity contribution in [3.05, 3.63) is 53.2 Å². The average molecular weight is 347 g/mol. The van der Waals surface area contributed by atoms with Gasteiger partial charge in [-0.25, -0.2) is 18.1 Å². The largest absolute Gasteiger partial charge is 0.311 e. The van der Waals surface area contributed by atoms with Gasteiger partial charge in [0.25, 0.3) is 0 Å². The molecule has 1 heterocycles. The number of hydrogen-bond acceptors (Lipinski definition) is 4. The molecule has 0 atom stereocenters. The maximum atomic E-state index is 12.5. The lowest BCUT2D eigenvalue weighted by atomic mass is 10.1. The Hall–Kier alpha value is -2.25. The minimum Gasteiger partial charge on any atom is -0.311 e. The summed E-state index contributed by atoms with van der Waals surface area (Å²) in [4.78, 5) is 16.1. The molecule has 2 N–H and O–H groups in total. The molecule has 7 heteroatoms. The van der Waals surface area contributed by atoms with Crippen LogP contribution < -0.4 is 10.0 Å². The molecule has 6 nitrogen and oxygen atoms in total. The van der Waals surface area contributed by atoms with Crippen molar-refractivity contribution < 1.29 is 13.2 Å². The lowest BCUT2D eigenvalue weighted by Gasteiger charge is -2.13. The van der Waals surface area contributed by atoms with Gasteiger partial charge in [0.05, 0.1) is 4.90 Å². The van der Waals surface area contributed by atoms with Crippen LogP contribution in [0.15, 0.2) is 41.4 Å². The molecule has 1 aromatic heterocycles. The van der Waals surface area contributed by atoms with Crippen LogP contribution in [0, 0.1) is 20.8 Å². The highest BCUT2D eigenvalue weighted by Gasteiger charge is 2.19. The Morgan fingerprint density at radius 1 is 1.12 bits per heavy atom. The van der Waals surface area contributed by atoms with E-state index in [1.54, 1.807) is 38.2 Å². The van der Waals surface area contributed by atoms with Crippen molar-refractivity contribution in [3.8, 4) is 0 Å². The Morgan fingerprint density at radius 3 is 2.38 bits per heavy atom. The number of pyridine rings is 1. The van der Waals surface area contributed by atoms with E-state index in [0.29, 0.717) is 16.9 Å². The van der Waals surface area contributed by atoms with E-state index in [1.165, 1.54) is 0 Å². The minimum atomic E-state index is -3.65. The van der Waals surface area contributed by atoms with Crippen LogP contribution in [-0.4, -0.2) is 25.9 Å². The van der Waals surface area contributed by atoms with Crippen LogP contribution >= 0.6 is 0 Å². The summed E-state index contributed by atoms with van der Waals surface area (Å²) in [7, 11) is -3.65. The molecule has 1 aromatic carbocycles. The number of nitrogens with zero attached hydrogens (tertiary/aromatic N) is 1. The highest BCUT2D eigenvalue weighted by Crippen LogP contribution is 2.21. The topological polar surface area (TPSA) is 88.2 Å². The van der Waals surface area contributed by atoms with E-state index in [0.717, 1.165) is 5.56 Å². The van der Waals surface area contributed by atoms with Gasteiger partial charge in [0.1, 0.15) is 5.82 Å². The zero-order chi connectivity index (χ0) is 17.7. The van der Waals surface area contributed by atoms with Crippen molar-refractivity contribution in [1.82, 2.24) is 9.71 Å². The van der Waals surface area contributed by atoms with Gasteiger partial charge in [-0.05, 0) is 44.0 Å². The van der Waals surface area contributed by atoms with Crippen molar-refractivity contribution in [2.24, 2.45) is 0 Å². The van der Waals surface area contributed by atoms with E-state index in [1.807, 2.05) is 19.1 Å². The number of aryl methyl sites for hydroxylation is 3. The molecule has 1 amide bonds. The summed E-state index contributed by atoms with van der Waals surface area (Å²) in [6, 6.07) is 8.83. The zero-order valence-corrected chi connectivity index (χ0v) is 14.8. The number of amides is 1. The molecular formula is C17H21N3O3S. The van der Waals surface area contributed by atoms with Crippen LogP contribution in [0.1, 0.15) is 23.1 Å². The smallest absolute Gasteiger partial charge is 0.241 e. The second-order valence-electron chi connectivity index (χ2n) is 5.64. The lowest BCUT2D eigenvalue weighted by molar-refractivity contribution is -0.116. The predicted molar refractivity (Wildman–Crippen MR) is 93.3 cm³/mol. The molecule has 0 saturated carbocycles. The van der Waals surface area contributed by atoms with Crippen LogP contribution in [0.5, 0.6) is 0 Å². The van der Waals surface area contributed by atoms with Crippen molar-refractivity contribution in [3.63, 3.8) is 0 Å². The SMILES string of the molecule is Cc1cc(C)c(S(=O)(=O)NCCC(=O)Nc2ccccn2)c(C)c1. The standard InChI is InChI=1S/C17H21N3O3S/c1-12-10-13(2)17(14(3)11-12)24(22,23)19-9-7-16(21)20-15-6-4-5-8-18-15/h4-6,8,10-11,19H,7,9H2,1-3H3,(H,18,20,21). The first-order valence-electron chi connectivity index (χ1n) is 7.58. The second-order valence-corrected chi connectivity index (χ2v) is 7.34. The number of benzene rings is 1. The van der Waals surface area contributed by atoms with Gasteiger partial charge in [0.15, 0.2) is 0 Å². The molecule has 0 fully saturated rings. The molecular weight excluding hydrogens is 326 g/mol. The first-order chi connectivity index (χ1) is 11.3. The van der Waals surface area contributed by atoms with Crippen molar-refractivity contribution in [2.75, 3.05) is 11.9 Å². The fraction of sp³-hybridized carbons (Fsp3) is 0.294. The Morgan fingerprint density at radius 2 is 1.79 bits per heavy atom. The van der Waals surface area contributed by atoms with Crippen LogP contribution in [-0.2, 0) is 14.8 Å². The van der Waals surface area contributed by atoms with Crippen molar-refractivity contribution >= 4 is 21.7 Å². The first-order valence-corrected chi connectivity index (χ1v) is 9.06. The summed E-state index contributed by atoms with van der Waals surface area (Å²) in [5, 5.41) is 2.61. The quantitative estimate of drug-likeness (QED) is 0.839. The number of carbonyl (C=O) groups is 1. The molecule has 0 bridgehead atoms. The van der Waals surface area contributed by atoms with Crippen LogP contribution in [0.4, 0.5) is 5.82 Å². The highest BCUT2D eigenvalue weighted by molar-refractivity contribution is 7.89. The second kappa shape index (κ2) is 7.55. The van der Waals surface area contributed by atoms with E-state index >= 15 is 0 Å². The molecule has 128 valence electrons. The Labute approximate surface area is 142 Å². The molecule has 0 saturated heterocycles. The maximum absolute atomic E-state index is 12.5. The van der Waals surface area contributed by atoms with E-state index in [2.05, 4.69) is 15.0 Å². The van der Waals surface area contributed by atoms with Crippen LogP contribution in [0.25, 0.3) is 0 Å². The number of sulfonamides is 1. The molecule has 0 aliphatic carbocycles. The fourth-order valence-electron chi connectivity index (χ4n) is 2.60. The van der Waals surface area contributed by atoms with Gasteiger partial charge < -0.3 is 5.32 Å². The summed E-state index contributed by atoms with van der Waals surface area (Å²) in [6.45, 7) is 5.48. The summed E-state index contributed by atoms with van der Waals surface area (Å²) < 4.78 is 27.4. The predicted octanol–water partition coefficient (Wildman–Crippen LogP) is 2.31. The molecule has 0 unspecified atom stereocenters. The van der Waals surface area contributed by atoms with Crippen molar-refractivity contribution in [1.29, 1.82) is 0 Å². The summed E-state index contributed by atoms with van der Waals surface area (Å²) in [6.07, 6.45) is 1.60. The molecule has 24 heavy (non-hydrogen) atoms. The third-order valence-electron chi connectivity index (χ3n) is 3.45. The molecule has 0 aliphatic rings. The van der Waals surface area contributed by atoms with Crippen molar-refractivity contribution in [2.45, 2.75) is 32.1 Å². The Balaban J connectivity index is 1.97. The Kier molecular flexibility index (Phi) is 5.69. The molecule has 2 rings (SSSR count). The van der Waals surface area contributed by atoms with Gasteiger partial charge in [-0.1, -0.05) is 23.8 Å². The third kappa shape index (κ3) is 4.62. The summed E-state index contributed by atoms with van der Waals surface area (Å²) >= 11 is 0. The van der Waals surface area contributed by atoms with Gasteiger partial charge in [-0.2, -0.15) is 0 Å². The number of aromatic nitrogens is 1. The monoisotopic (exact) mass is 347 g/mol.